The molecule has 0 aliphatic heterocycles. The SMILES string of the molecule is CCC(CCOC)(NC(=O)N(CCOCc1ccccc1)[C@H](C)c1cc(OC)c(C(C)=O)c(OC)c1Cl)C(=O)O. The van der Waals surface area contributed by atoms with Crippen molar-refractivity contribution in [3.05, 3.63) is 58.1 Å². The molecule has 220 valence electrons. The van der Waals surface area contributed by atoms with Gasteiger partial charge in [-0.3, -0.25) is 4.79 Å². The lowest BCUT2D eigenvalue weighted by molar-refractivity contribution is -0.145. The molecule has 10 nitrogen and oxygen atoms in total. The molecule has 2 rings (SSSR count). The van der Waals surface area contributed by atoms with Crippen molar-refractivity contribution in [1.29, 1.82) is 0 Å². The van der Waals surface area contributed by atoms with Crippen LogP contribution in [0.3, 0.4) is 0 Å². The molecule has 2 amide bonds. The average Bonchev–Trinajstić information content (AvgIpc) is 2.94. The Morgan fingerprint density at radius 1 is 1.10 bits per heavy atom. The summed E-state index contributed by atoms with van der Waals surface area (Å²) in [4.78, 5) is 39.8. The van der Waals surface area contributed by atoms with E-state index < -0.39 is 23.6 Å². The number of urea groups is 1. The van der Waals surface area contributed by atoms with Crippen LogP contribution in [0, 0.1) is 0 Å². The van der Waals surface area contributed by atoms with E-state index >= 15 is 0 Å². The second-order valence-corrected chi connectivity index (χ2v) is 9.65. The summed E-state index contributed by atoms with van der Waals surface area (Å²) in [5.41, 5.74) is 0.0592. The number of hydrogen-bond acceptors (Lipinski definition) is 7. The van der Waals surface area contributed by atoms with E-state index in [0.29, 0.717) is 12.2 Å². The van der Waals surface area contributed by atoms with Crippen LogP contribution in [0.5, 0.6) is 11.5 Å². The fourth-order valence-corrected chi connectivity index (χ4v) is 4.76. The number of nitrogens with one attached hydrogen (secondary N) is 1. The minimum absolute atomic E-state index is 0.0729. The fraction of sp³-hybridized carbons (Fsp3) is 0.483. The number of aliphatic carboxylic acids is 1. The van der Waals surface area contributed by atoms with Gasteiger partial charge in [0.15, 0.2) is 11.5 Å². The second-order valence-electron chi connectivity index (χ2n) is 9.27. The quantitative estimate of drug-likeness (QED) is 0.208. The molecule has 0 spiro atoms. The van der Waals surface area contributed by atoms with E-state index in [2.05, 4.69) is 5.32 Å². The molecule has 0 aromatic heterocycles. The highest BCUT2D eigenvalue weighted by Gasteiger charge is 2.40. The largest absolute Gasteiger partial charge is 0.496 e. The Bertz CT molecular complexity index is 1160. The summed E-state index contributed by atoms with van der Waals surface area (Å²) in [6.45, 7) is 5.56. The Labute approximate surface area is 240 Å². The van der Waals surface area contributed by atoms with Crippen molar-refractivity contribution in [2.24, 2.45) is 0 Å². The molecule has 0 fully saturated rings. The Kier molecular flexibility index (Phi) is 12.7. The average molecular weight is 579 g/mol. The van der Waals surface area contributed by atoms with Crippen LogP contribution in [0.2, 0.25) is 5.02 Å². The molecule has 0 aliphatic carbocycles. The van der Waals surface area contributed by atoms with Gasteiger partial charge in [-0.15, -0.1) is 0 Å². The van der Waals surface area contributed by atoms with E-state index in [1.807, 2.05) is 30.3 Å². The van der Waals surface area contributed by atoms with Crippen molar-refractivity contribution in [2.45, 2.75) is 51.8 Å². The van der Waals surface area contributed by atoms with Crippen LogP contribution in [0.25, 0.3) is 0 Å². The zero-order valence-corrected chi connectivity index (χ0v) is 24.7. The first-order valence-electron chi connectivity index (χ1n) is 12.9. The van der Waals surface area contributed by atoms with Crippen molar-refractivity contribution >= 4 is 29.4 Å². The number of carbonyl (C=O) groups excluding carboxylic acids is 2. The number of halogens is 1. The van der Waals surface area contributed by atoms with E-state index in [-0.39, 0.29) is 60.5 Å². The molecule has 1 unspecified atom stereocenters. The number of hydrogen-bond donors (Lipinski definition) is 2. The number of ether oxygens (including phenoxy) is 4. The highest BCUT2D eigenvalue weighted by Crippen LogP contribution is 2.42. The maximum atomic E-state index is 13.8. The molecular formula is C29H39ClN2O8. The topological polar surface area (TPSA) is 124 Å². The minimum atomic E-state index is -1.55. The molecule has 0 bridgehead atoms. The van der Waals surface area contributed by atoms with Crippen molar-refractivity contribution in [3.63, 3.8) is 0 Å². The smallest absolute Gasteiger partial charge is 0.329 e. The number of carbonyl (C=O) groups is 3. The number of rotatable bonds is 16. The van der Waals surface area contributed by atoms with Gasteiger partial charge in [0.25, 0.3) is 0 Å². The number of carboxylic acid groups (broad SMARTS) is 1. The van der Waals surface area contributed by atoms with Crippen LogP contribution < -0.4 is 14.8 Å². The van der Waals surface area contributed by atoms with Crippen LogP contribution >= 0.6 is 11.6 Å². The highest BCUT2D eigenvalue weighted by atomic mass is 35.5. The van der Waals surface area contributed by atoms with E-state index in [1.165, 1.54) is 33.2 Å². The van der Waals surface area contributed by atoms with Crippen LogP contribution in [0.15, 0.2) is 36.4 Å². The van der Waals surface area contributed by atoms with Crippen LogP contribution in [-0.4, -0.2) is 74.4 Å². The Balaban J connectivity index is 2.47. The number of ketones is 1. The number of amides is 2. The lowest BCUT2D eigenvalue weighted by Crippen LogP contribution is -2.58. The predicted octanol–water partition coefficient (Wildman–Crippen LogP) is 5.12. The van der Waals surface area contributed by atoms with Crippen molar-refractivity contribution in [2.75, 3.05) is 41.1 Å². The molecule has 0 saturated heterocycles. The third-order valence-corrected chi connectivity index (χ3v) is 7.24. The van der Waals surface area contributed by atoms with Gasteiger partial charge in [-0.2, -0.15) is 0 Å². The molecule has 2 atom stereocenters. The van der Waals surface area contributed by atoms with Crippen molar-refractivity contribution in [3.8, 4) is 11.5 Å². The van der Waals surface area contributed by atoms with Gasteiger partial charge in [0, 0.05) is 32.2 Å². The third-order valence-electron chi connectivity index (χ3n) is 6.85. The number of methoxy groups -OCH3 is 3. The molecule has 0 saturated carbocycles. The maximum absolute atomic E-state index is 13.8. The second kappa shape index (κ2) is 15.4. The Morgan fingerprint density at radius 2 is 1.77 bits per heavy atom. The standard InChI is InChI=1S/C29H39ClN2O8/c1-7-29(27(34)35,13-15-37-4)31-28(36)32(14-16-40-18-21-11-9-8-10-12-21)19(2)22-17-23(38-5)24(20(3)33)26(39-6)25(22)30/h8-12,17,19H,7,13-16,18H2,1-6H3,(H,31,36)(H,34,35)/t19-,29?/m1/s1. The lowest BCUT2D eigenvalue weighted by Gasteiger charge is -2.36. The molecule has 2 N–H and O–H groups in total. The summed E-state index contributed by atoms with van der Waals surface area (Å²) in [6.07, 6.45) is 0.212. The molecule has 0 radical (unpaired) electrons. The molecule has 2 aromatic carbocycles. The molecule has 2 aromatic rings. The van der Waals surface area contributed by atoms with E-state index in [4.69, 9.17) is 30.5 Å². The zero-order valence-electron chi connectivity index (χ0n) is 23.9. The third kappa shape index (κ3) is 7.87. The monoisotopic (exact) mass is 578 g/mol. The van der Waals surface area contributed by atoms with E-state index in [1.54, 1.807) is 19.9 Å². The molecule has 0 heterocycles. The van der Waals surface area contributed by atoms with Gasteiger partial charge >= 0.3 is 12.0 Å². The molecular weight excluding hydrogens is 540 g/mol. The number of carboxylic acids is 1. The summed E-state index contributed by atoms with van der Waals surface area (Å²) < 4.78 is 21.9. The van der Waals surface area contributed by atoms with Gasteiger partial charge in [0.05, 0.1) is 38.5 Å². The molecule has 40 heavy (non-hydrogen) atoms. The van der Waals surface area contributed by atoms with Crippen molar-refractivity contribution < 1.29 is 38.4 Å². The van der Waals surface area contributed by atoms with Gasteiger partial charge in [-0.05, 0) is 31.9 Å². The Hall–Kier alpha value is -3.34. The van der Waals surface area contributed by atoms with Gasteiger partial charge in [0.1, 0.15) is 16.9 Å². The first-order valence-corrected chi connectivity index (χ1v) is 13.3. The minimum Gasteiger partial charge on any atom is -0.496 e. The number of Topliss-reactive ketones (excluding diaryl/α,β-unsaturated/α-hetero) is 1. The summed E-state index contributed by atoms with van der Waals surface area (Å²) in [5, 5.41) is 12.9. The van der Waals surface area contributed by atoms with Gasteiger partial charge < -0.3 is 34.3 Å². The zero-order chi connectivity index (χ0) is 29.9. The number of nitrogens with zero attached hydrogens (tertiary/aromatic N) is 1. The van der Waals surface area contributed by atoms with Gasteiger partial charge in [-0.25, -0.2) is 9.59 Å². The molecule has 0 aliphatic rings. The van der Waals surface area contributed by atoms with Crippen LogP contribution in [-0.2, 0) is 20.9 Å². The predicted molar refractivity (Wildman–Crippen MR) is 151 cm³/mol. The first-order chi connectivity index (χ1) is 19.1. The summed E-state index contributed by atoms with van der Waals surface area (Å²) in [6, 6.07) is 9.86. The highest BCUT2D eigenvalue weighted by molar-refractivity contribution is 6.33. The van der Waals surface area contributed by atoms with E-state index in [9.17, 15) is 19.5 Å². The Morgan fingerprint density at radius 3 is 2.30 bits per heavy atom. The number of benzene rings is 2. The summed E-state index contributed by atoms with van der Waals surface area (Å²) >= 11 is 6.72. The normalized spacial score (nSPS) is 13.2. The lowest BCUT2D eigenvalue weighted by atomic mass is 9.92. The van der Waals surface area contributed by atoms with E-state index in [0.717, 1.165) is 5.56 Å². The van der Waals surface area contributed by atoms with Crippen LogP contribution in [0.1, 0.15) is 61.1 Å². The van der Waals surface area contributed by atoms with Crippen LogP contribution in [0.4, 0.5) is 4.79 Å². The van der Waals surface area contributed by atoms with Gasteiger partial charge in [0.2, 0.25) is 0 Å². The molecule has 11 heteroatoms. The fourth-order valence-electron chi connectivity index (χ4n) is 4.38. The maximum Gasteiger partial charge on any atom is 0.329 e. The first kappa shape index (κ1) is 32.9. The van der Waals surface area contributed by atoms with Gasteiger partial charge in [-0.1, -0.05) is 48.9 Å². The van der Waals surface area contributed by atoms with Crippen molar-refractivity contribution in [1.82, 2.24) is 10.2 Å². The summed E-state index contributed by atoms with van der Waals surface area (Å²) in [7, 11) is 4.28. The summed E-state index contributed by atoms with van der Waals surface area (Å²) in [5.74, 6) is -1.10.